The van der Waals surface area contributed by atoms with Gasteiger partial charge in [-0.05, 0) is 42.8 Å². The molecule has 1 heterocycles. The van der Waals surface area contributed by atoms with Crippen LogP contribution in [0.25, 0.3) is 0 Å². The molecule has 6 nitrogen and oxygen atoms in total. The maximum Gasteiger partial charge on any atom is 0.321 e. The van der Waals surface area contributed by atoms with Crippen molar-refractivity contribution >= 4 is 52.4 Å². The fourth-order valence-electron chi connectivity index (χ4n) is 3.12. The Balaban J connectivity index is 1.64. The summed E-state index contributed by atoms with van der Waals surface area (Å²) in [6, 6.07) is 9.79. The smallest absolute Gasteiger partial charge is 0.321 e. The number of carbonyl (C=O) groups excluding carboxylic acids is 2. The lowest BCUT2D eigenvalue weighted by atomic mass is 10.2. The van der Waals surface area contributed by atoms with Crippen LogP contribution in [-0.2, 0) is 0 Å². The highest BCUT2D eigenvalue weighted by molar-refractivity contribution is 6.37. The van der Waals surface area contributed by atoms with Gasteiger partial charge in [0, 0.05) is 42.5 Å². The summed E-state index contributed by atoms with van der Waals surface area (Å²) in [5.74, 6) is 0.155. The second-order valence-electron chi connectivity index (χ2n) is 6.54. The molecule has 0 unspecified atom stereocenters. The third-order valence-corrected chi connectivity index (χ3v) is 5.43. The fraction of sp³-hybridized carbons (Fsp3) is 0.300. The van der Waals surface area contributed by atoms with Crippen LogP contribution in [-0.4, -0.2) is 55.0 Å². The highest BCUT2D eigenvalue weighted by Crippen LogP contribution is 2.34. The Morgan fingerprint density at radius 2 is 1.52 bits per heavy atom. The lowest BCUT2D eigenvalue weighted by Crippen LogP contribution is -2.39. The Hall–Kier alpha value is -2.15. The molecule has 0 radical (unpaired) electrons. The van der Waals surface area contributed by atoms with E-state index in [-0.39, 0.29) is 22.0 Å². The van der Waals surface area contributed by atoms with Gasteiger partial charge in [-0.2, -0.15) is 0 Å². The third kappa shape index (κ3) is 5.26. The summed E-state index contributed by atoms with van der Waals surface area (Å²) >= 11 is 18.2. The molecular weight excluding hydrogens is 437 g/mol. The zero-order valence-corrected chi connectivity index (χ0v) is 18.0. The standard InChI is InChI=1S/C20H20Cl3N3O3/c1-29-18-16(22)11-13(12-17(18)23)19(27)25-7-2-8-26(10-9-25)20(28)24-15-5-3-14(21)4-6-15/h3-6,11-12H,2,7-10H2,1H3,(H,24,28). The molecule has 154 valence electrons. The minimum absolute atomic E-state index is 0.184. The van der Waals surface area contributed by atoms with Crippen molar-refractivity contribution in [3.63, 3.8) is 0 Å². The molecule has 1 aliphatic rings. The van der Waals surface area contributed by atoms with E-state index >= 15 is 0 Å². The van der Waals surface area contributed by atoms with Gasteiger partial charge in [-0.1, -0.05) is 34.8 Å². The summed E-state index contributed by atoms with van der Waals surface area (Å²) in [6.45, 7) is 1.91. The van der Waals surface area contributed by atoms with Crippen molar-refractivity contribution in [1.29, 1.82) is 0 Å². The molecule has 3 rings (SSSR count). The lowest BCUT2D eigenvalue weighted by Gasteiger charge is -2.23. The zero-order valence-electron chi connectivity index (χ0n) is 15.8. The minimum atomic E-state index is -0.211. The van der Waals surface area contributed by atoms with Gasteiger partial charge in [-0.25, -0.2) is 4.79 Å². The van der Waals surface area contributed by atoms with Crippen LogP contribution in [0.1, 0.15) is 16.8 Å². The van der Waals surface area contributed by atoms with Crippen molar-refractivity contribution in [2.24, 2.45) is 0 Å². The second-order valence-corrected chi connectivity index (χ2v) is 7.79. The topological polar surface area (TPSA) is 61.9 Å². The number of ether oxygens (including phenoxy) is 1. The Bertz CT molecular complexity index is 883. The molecule has 0 bridgehead atoms. The molecule has 2 aromatic carbocycles. The van der Waals surface area contributed by atoms with Gasteiger partial charge in [0.25, 0.3) is 5.91 Å². The van der Waals surface area contributed by atoms with Crippen molar-refractivity contribution in [2.75, 3.05) is 38.6 Å². The van der Waals surface area contributed by atoms with E-state index < -0.39 is 0 Å². The van der Waals surface area contributed by atoms with Gasteiger partial charge in [0.1, 0.15) is 0 Å². The van der Waals surface area contributed by atoms with Gasteiger partial charge in [-0.3, -0.25) is 4.79 Å². The van der Waals surface area contributed by atoms with E-state index in [4.69, 9.17) is 39.5 Å². The Kier molecular flexibility index (Phi) is 7.11. The average molecular weight is 457 g/mol. The van der Waals surface area contributed by atoms with Crippen molar-refractivity contribution in [3.05, 3.63) is 57.0 Å². The number of hydrogen-bond donors (Lipinski definition) is 1. The maximum absolute atomic E-state index is 12.9. The molecule has 0 spiro atoms. The van der Waals surface area contributed by atoms with E-state index in [1.807, 2.05) is 0 Å². The maximum atomic E-state index is 12.9. The average Bonchev–Trinajstić information content (AvgIpc) is 2.95. The Labute approximate surface area is 184 Å². The number of benzene rings is 2. The molecule has 1 aliphatic heterocycles. The molecule has 0 aromatic heterocycles. The molecule has 29 heavy (non-hydrogen) atoms. The molecule has 3 amide bonds. The third-order valence-electron chi connectivity index (χ3n) is 4.62. The number of carbonyl (C=O) groups is 2. The number of urea groups is 1. The number of halogens is 3. The number of rotatable bonds is 3. The highest BCUT2D eigenvalue weighted by atomic mass is 35.5. The van der Waals surface area contributed by atoms with E-state index in [0.717, 1.165) is 0 Å². The van der Waals surface area contributed by atoms with Crippen LogP contribution in [0.5, 0.6) is 5.75 Å². The zero-order chi connectivity index (χ0) is 21.0. The fourth-order valence-corrected chi connectivity index (χ4v) is 3.89. The van der Waals surface area contributed by atoms with E-state index in [0.29, 0.717) is 54.6 Å². The van der Waals surface area contributed by atoms with Crippen LogP contribution in [0.4, 0.5) is 10.5 Å². The van der Waals surface area contributed by atoms with Gasteiger partial charge < -0.3 is 19.9 Å². The first kappa shape index (κ1) is 21.6. The molecular formula is C20H20Cl3N3O3. The van der Waals surface area contributed by atoms with Crippen molar-refractivity contribution in [2.45, 2.75) is 6.42 Å². The number of amides is 3. The SMILES string of the molecule is COc1c(Cl)cc(C(=O)N2CCCN(C(=O)Nc3ccc(Cl)cc3)CC2)cc1Cl. The van der Waals surface area contributed by atoms with Crippen molar-refractivity contribution in [1.82, 2.24) is 9.80 Å². The lowest BCUT2D eigenvalue weighted by molar-refractivity contribution is 0.0762. The molecule has 2 aromatic rings. The predicted molar refractivity (Wildman–Crippen MR) is 116 cm³/mol. The van der Waals surface area contributed by atoms with Crippen LogP contribution in [0.2, 0.25) is 15.1 Å². The van der Waals surface area contributed by atoms with Crippen molar-refractivity contribution in [3.8, 4) is 5.75 Å². The van der Waals surface area contributed by atoms with Gasteiger partial charge >= 0.3 is 6.03 Å². The Morgan fingerprint density at radius 3 is 2.14 bits per heavy atom. The number of methoxy groups -OCH3 is 1. The molecule has 0 saturated carbocycles. The van der Waals surface area contributed by atoms with E-state index in [2.05, 4.69) is 5.32 Å². The van der Waals surface area contributed by atoms with Crippen LogP contribution in [0.15, 0.2) is 36.4 Å². The first-order valence-electron chi connectivity index (χ1n) is 9.03. The van der Waals surface area contributed by atoms with Crippen LogP contribution < -0.4 is 10.1 Å². The van der Waals surface area contributed by atoms with Crippen LogP contribution in [0.3, 0.4) is 0 Å². The monoisotopic (exact) mass is 455 g/mol. The molecule has 1 fully saturated rings. The van der Waals surface area contributed by atoms with Crippen LogP contribution >= 0.6 is 34.8 Å². The number of hydrogen-bond acceptors (Lipinski definition) is 3. The van der Waals surface area contributed by atoms with Gasteiger partial charge in [-0.15, -0.1) is 0 Å². The molecule has 1 N–H and O–H groups in total. The predicted octanol–water partition coefficient (Wildman–Crippen LogP) is 5.04. The number of anilines is 1. The highest BCUT2D eigenvalue weighted by Gasteiger charge is 2.24. The first-order valence-corrected chi connectivity index (χ1v) is 10.2. The number of nitrogens with zero attached hydrogens (tertiary/aromatic N) is 2. The Morgan fingerprint density at radius 1 is 0.931 bits per heavy atom. The summed E-state index contributed by atoms with van der Waals surface area (Å²) in [4.78, 5) is 28.8. The summed E-state index contributed by atoms with van der Waals surface area (Å²) in [5, 5.41) is 4.01. The molecule has 0 atom stereocenters. The van der Waals surface area contributed by atoms with Crippen LogP contribution in [0, 0.1) is 0 Å². The largest absolute Gasteiger partial charge is 0.494 e. The molecule has 1 saturated heterocycles. The van der Waals surface area contributed by atoms with Gasteiger partial charge in [0.15, 0.2) is 5.75 Å². The summed E-state index contributed by atoms with van der Waals surface area (Å²) < 4.78 is 5.12. The summed E-state index contributed by atoms with van der Waals surface area (Å²) in [7, 11) is 1.47. The van der Waals surface area contributed by atoms with Gasteiger partial charge in [0.2, 0.25) is 0 Å². The number of nitrogens with one attached hydrogen (secondary N) is 1. The second kappa shape index (κ2) is 9.57. The summed E-state index contributed by atoms with van der Waals surface area (Å²) in [6.07, 6.45) is 0.664. The normalized spacial score (nSPS) is 14.3. The van der Waals surface area contributed by atoms with Crippen molar-refractivity contribution < 1.29 is 14.3 Å². The first-order chi connectivity index (χ1) is 13.9. The van der Waals surface area contributed by atoms with E-state index in [1.54, 1.807) is 46.2 Å². The summed E-state index contributed by atoms with van der Waals surface area (Å²) in [5.41, 5.74) is 1.05. The molecule has 9 heteroatoms. The minimum Gasteiger partial charge on any atom is -0.494 e. The molecule has 0 aliphatic carbocycles. The van der Waals surface area contributed by atoms with Gasteiger partial charge in [0.05, 0.1) is 17.2 Å². The van der Waals surface area contributed by atoms with E-state index in [9.17, 15) is 9.59 Å². The van der Waals surface area contributed by atoms with E-state index in [1.165, 1.54) is 7.11 Å². The quantitative estimate of drug-likeness (QED) is 0.704.